The number of hydrogen-bond donors (Lipinski definition) is 1. The van der Waals surface area contributed by atoms with E-state index in [1.54, 1.807) is 0 Å². The van der Waals surface area contributed by atoms with Gasteiger partial charge in [-0.15, -0.1) is 0 Å². The van der Waals surface area contributed by atoms with E-state index < -0.39 is 0 Å². The van der Waals surface area contributed by atoms with Gasteiger partial charge in [-0.05, 0) is 44.2 Å². The fraction of sp³-hybridized carbons (Fsp3) is 0.500. The van der Waals surface area contributed by atoms with Crippen LogP contribution in [0.15, 0.2) is 18.2 Å². The number of rotatable bonds is 4. The lowest BCUT2D eigenvalue weighted by Crippen LogP contribution is -2.07. The molecular weight excluding hydrogens is 329 g/mol. The van der Waals surface area contributed by atoms with Crippen molar-refractivity contribution < 1.29 is 0 Å². The molecule has 124 valence electrons. The van der Waals surface area contributed by atoms with E-state index in [4.69, 9.17) is 28.3 Å². The number of hydrogen-bond acceptors (Lipinski definition) is 2. The molecule has 0 bridgehead atoms. The van der Waals surface area contributed by atoms with Gasteiger partial charge in [0.2, 0.25) is 0 Å². The zero-order chi connectivity index (χ0) is 16.4. The van der Waals surface area contributed by atoms with Crippen LogP contribution in [0.1, 0.15) is 56.7 Å². The molecule has 1 aromatic carbocycles. The highest BCUT2D eigenvalue weighted by atomic mass is 35.5. The van der Waals surface area contributed by atoms with Crippen LogP contribution in [0.4, 0.5) is 5.82 Å². The summed E-state index contributed by atoms with van der Waals surface area (Å²) >= 11 is 12.7. The Bertz CT molecular complexity index is 690. The molecule has 0 unspecified atom stereocenters. The molecule has 0 atom stereocenters. The van der Waals surface area contributed by atoms with E-state index in [0.29, 0.717) is 16.0 Å². The van der Waals surface area contributed by atoms with E-state index in [1.165, 1.54) is 24.1 Å². The molecule has 3 nitrogen and oxygen atoms in total. The molecule has 0 radical (unpaired) electrons. The maximum absolute atomic E-state index is 6.45. The highest BCUT2D eigenvalue weighted by Crippen LogP contribution is 2.37. The first-order valence-electron chi connectivity index (χ1n) is 8.47. The Labute approximate surface area is 148 Å². The molecule has 23 heavy (non-hydrogen) atoms. The lowest BCUT2D eigenvalue weighted by molar-refractivity contribution is 0.605. The van der Waals surface area contributed by atoms with E-state index >= 15 is 0 Å². The van der Waals surface area contributed by atoms with Crippen LogP contribution in [0.3, 0.4) is 0 Å². The molecule has 0 spiro atoms. The number of nitrogens with zero attached hydrogens (tertiary/aromatic N) is 2. The van der Waals surface area contributed by atoms with Gasteiger partial charge in [-0.25, -0.2) is 4.68 Å². The maximum atomic E-state index is 6.45. The highest BCUT2D eigenvalue weighted by molar-refractivity contribution is 6.43. The normalized spacial score (nSPS) is 14.5. The van der Waals surface area contributed by atoms with Crippen molar-refractivity contribution in [2.75, 3.05) is 11.9 Å². The molecule has 1 aliphatic rings. The standard InChI is InChI=1S/C18H23Cl2N3/c1-3-12(4-2)17-13-8-5-6-11-21-18(13)23(22-17)15-10-7-9-14(19)16(15)20/h7,9-10,12,21H,3-6,8,11H2,1-2H3. The van der Waals surface area contributed by atoms with E-state index in [1.807, 2.05) is 22.9 Å². The summed E-state index contributed by atoms with van der Waals surface area (Å²) in [5.74, 6) is 1.58. The number of halogens is 2. The molecular formula is C18H23Cl2N3. The highest BCUT2D eigenvalue weighted by Gasteiger charge is 2.25. The van der Waals surface area contributed by atoms with Gasteiger partial charge in [0.1, 0.15) is 5.82 Å². The van der Waals surface area contributed by atoms with Crippen LogP contribution in [0.2, 0.25) is 10.0 Å². The minimum atomic E-state index is 0.489. The molecule has 0 fully saturated rings. The van der Waals surface area contributed by atoms with Gasteiger partial charge < -0.3 is 5.32 Å². The second-order valence-electron chi connectivity index (χ2n) is 6.09. The largest absolute Gasteiger partial charge is 0.370 e. The SMILES string of the molecule is CCC(CC)c1nn(-c2cccc(Cl)c2Cl)c2c1CCCCN2. The molecule has 0 amide bonds. The van der Waals surface area contributed by atoms with Gasteiger partial charge >= 0.3 is 0 Å². The third kappa shape index (κ3) is 3.09. The smallest absolute Gasteiger partial charge is 0.133 e. The monoisotopic (exact) mass is 351 g/mol. The molecule has 2 heterocycles. The van der Waals surface area contributed by atoms with Gasteiger partial charge in [0, 0.05) is 18.0 Å². The lowest BCUT2D eigenvalue weighted by atomic mass is 9.94. The van der Waals surface area contributed by atoms with E-state index in [0.717, 1.165) is 37.3 Å². The summed E-state index contributed by atoms with van der Waals surface area (Å²) in [5, 5.41) is 9.64. The average molecular weight is 352 g/mol. The van der Waals surface area contributed by atoms with Crippen LogP contribution in [0, 0.1) is 0 Å². The van der Waals surface area contributed by atoms with Gasteiger partial charge in [0.25, 0.3) is 0 Å². The Morgan fingerprint density at radius 2 is 2.00 bits per heavy atom. The van der Waals surface area contributed by atoms with Crippen LogP contribution in [-0.4, -0.2) is 16.3 Å². The van der Waals surface area contributed by atoms with Crippen LogP contribution in [-0.2, 0) is 6.42 Å². The third-order valence-corrected chi connectivity index (χ3v) is 5.50. The predicted octanol–water partition coefficient (Wildman–Crippen LogP) is 5.83. The summed E-state index contributed by atoms with van der Waals surface area (Å²) in [6, 6.07) is 5.71. The summed E-state index contributed by atoms with van der Waals surface area (Å²) in [5.41, 5.74) is 3.42. The molecule has 0 saturated heterocycles. The first-order chi connectivity index (χ1) is 11.2. The Kier molecular flexibility index (Phi) is 5.17. The summed E-state index contributed by atoms with van der Waals surface area (Å²) < 4.78 is 1.96. The Morgan fingerprint density at radius 1 is 1.22 bits per heavy atom. The van der Waals surface area contributed by atoms with Crippen molar-refractivity contribution in [3.8, 4) is 5.69 Å². The molecule has 2 aromatic rings. The predicted molar refractivity (Wildman–Crippen MR) is 98.3 cm³/mol. The van der Waals surface area contributed by atoms with Gasteiger partial charge in [-0.1, -0.05) is 43.1 Å². The Balaban J connectivity index is 2.19. The zero-order valence-electron chi connectivity index (χ0n) is 13.7. The molecule has 5 heteroatoms. The second kappa shape index (κ2) is 7.14. The number of anilines is 1. The van der Waals surface area contributed by atoms with Crippen molar-refractivity contribution in [2.24, 2.45) is 0 Å². The first kappa shape index (κ1) is 16.7. The quantitative estimate of drug-likeness (QED) is 0.750. The molecule has 1 N–H and O–H groups in total. The molecule has 3 rings (SSSR count). The van der Waals surface area contributed by atoms with Crippen molar-refractivity contribution in [1.82, 2.24) is 9.78 Å². The van der Waals surface area contributed by atoms with E-state index in [9.17, 15) is 0 Å². The molecule has 1 aromatic heterocycles. The fourth-order valence-corrected chi connectivity index (χ4v) is 3.74. The summed E-state index contributed by atoms with van der Waals surface area (Å²) in [7, 11) is 0. The van der Waals surface area contributed by atoms with Crippen LogP contribution in [0.25, 0.3) is 5.69 Å². The molecule has 1 aliphatic heterocycles. The van der Waals surface area contributed by atoms with Crippen molar-refractivity contribution >= 4 is 29.0 Å². The van der Waals surface area contributed by atoms with Crippen molar-refractivity contribution in [3.05, 3.63) is 39.5 Å². The summed E-state index contributed by atoms with van der Waals surface area (Å²) in [6.45, 7) is 5.44. The summed E-state index contributed by atoms with van der Waals surface area (Å²) in [6.07, 6.45) is 5.65. The zero-order valence-corrected chi connectivity index (χ0v) is 15.2. The van der Waals surface area contributed by atoms with Crippen molar-refractivity contribution in [1.29, 1.82) is 0 Å². The minimum absolute atomic E-state index is 0.489. The second-order valence-corrected chi connectivity index (χ2v) is 6.88. The van der Waals surface area contributed by atoms with Crippen LogP contribution < -0.4 is 5.32 Å². The van der Waals surface area contributed by atoms with Gasteiger partial charge in [-0.2, -0.15) is 5.10 Å². The van der Waals surface area contributed by atoms with Gasteiger partial charge in [0.05, 0.1) is 21.4 Å². The van der Waals surface area contributed by atoms with Gasteiger partial charge in [0.15, 0.2) is 0 Å². The topological polar surface area (TPSA) is 29.9 Å². The van der Waals surface area contributed by atoms with Crippen molar-refractivity contribution in [3.63, 3.8) is 0 Å². The molecule has 0 aliphatic carbocycles. The summed E-state index contributed by atoms with van der Waals surface area (Å²) in [4.78, 5) is 0. The minimum Gasteiger partial charge on any atom is -0.370 e. The number of fused-ring (bicyclic) bond motifs is 1. The average Bonchev–Trinajstić information content (AvgIpc) is 2.74. The fourth-order valence-electron chi connectivity index (χ4n) is 3.36. The Morgan fingerprint density at radius 3 is 2.74 bits per heavy atom. The lowest BCUT2D eigenvalue weighted by Gasteiger charge is -2.11. The Hall–Kier alpha value is -1.19. The maximum Gasteiger partial charge on any atom is 0.133 e. The van der Waals surface area contributed by atoms with Crippen molar-refractivity contribution in [2.45, 2.75) is 51.9 Å². The van der Waals surface area contributed by atoms with E-state index in [-0.39, 0.29) is 0 Å². The number of aromatic nitrogens is 2. The van der Waals surface area contributed by atoms with Crippen LogP contribution in [0.5, 0.6) is 0 Å². The molecule has 0 saturated carbocycles. The van der Waals surface area contributed by atoms with E-state index in [2.05, 4.69) is 19.2 Å². The number of nitrogens with one attached hydrogen (secondary N) is 1. The van der Waals surface area contributed by atoms with Crippen LogP contribution >= 0.6 is 23.2 Å². The number of benzene rings is 1. The van der Waals surface area contributed by atoms with Gasteiger partial charge in [-0.3, -0.25) is 0 Å². The third-order valence-electron chi connectivity index (χ3n) is 4.69. The first-order valence-corrected chi connectivity index (χ1v) is 9.23.